The molecule has 1 aliphatic heterocycles. The molecule has 0 saturated heterocycles. The van der Waals surface area contributed by atoms with Gasteiger partial charge in [0.05, 0.1) is 22.1 Å². The molecule has 0 atom stereocenters. The standard InChI is InChI=1S/C42H23N3S/c1-2-9-27-24(8-1)18-21-37-39(27)32-19-16-26(23-38(32)46-37)25-17-20-36-33(22-25)31-13-7-12-30-28-10-3-4-11-29(28)40-42(45(36)41(30)31)44-35-15-6-5-14-34(35)43-40/h1-23H. The van der Waals surface area contributed by atoms with Crippen molar-refractivity contribution in [3.63, 3.8) is 0 Å². The number of hydrogen-bond acceptors (Lipinski definition) is 3. The lowest BCUT2D eigenvalue weighted by atomic mass is 9.96. The Bertz CT molecular complexity index is 2930. The fourth-order valence-corrected chi connectivity index (χ4v) is 8.82. The predicted octanol–water partition coefficient (Wildman–Crippen LogP) is 11.6. The van der Waals surface area contributed by atoms with Crippen molar-refractivity contribution in [1.29, 1.82) is 0 Å². The summed E-state index contributed by atoms with van der Waals surface area (Å²) in [6.07, 6.45) is 0. The number of rotatable bonds is 1. The lowest BCUT2D eigenvalue weighted by Gasteiger charge is -2.12. The normalized spacial score (nSPS) is 12.3. The van der Waals surface area contributed by atoms with Crippen molar-refractivity contribution in [3.05, 3.63) is 140 Å². The molecule has 0 bridgehead atoms. The lowest BCUT2D eigenvalue weighted by molar-refractivity contribution is 1.09. The molecule has 0 aliphatic carbocycles. The molecule has 46 heavy (non-hydrogen) atoms. The Kier molecular flexibility index (Phi) is 4.72. The summed E-state index contributed by atoms with van der Waals surface area (Å²) in [5.74, 6) is 0.878. The minimum atomic E-state index is 0.878. The van der Waals surface area contributed by atoms with E-state index in [-0.39, 0.29) is 0 Å². The zero-order valence-electron chi connectivity index (χ0n) is 24.5. The van der Waals surface area contributed by atoms with Crippen LogP contribution in [0.1, 0.15) is 0 Å². The van der Waals surface area contributed by atoms with Gasteiger partial charge in [0, 0.05) is 42.1 Å². The van der Waals surface area contributed by atoms with Crippen LogP contribution in [-0.4, -0.2) is 14.5 Å². The number of thiophene rings is 1. The van der Waals surface area contributed by atoms with Gasteiger partial charge in [-0.25, -0.2) is 9.97 Å². The van der Waals surface area contributed by atoms with Crippen LogP contribution in [0.3, 0.4) is 0 Å². The van der Waals surface area contributed by atoms with Crippen molar-refractivity contribution >= 4 is 75.1 Å². The third kappa shape index (κ3) is 3.21. The number of nitrogens with zero attached hydrogens (tertiary/aromatic N) is 3. The average molecular weight is 602 g/mol. The fourth-order valence-electron chi connectivity index (χ4n) is 7.66. The van der Waals surface area contributed by atoms with Gasteiger partial charge in [0.25, 0.3) is 0 Å². The van der Waals surface area contributed by atoms with Crippen LogP contribution in [-0.2, 0) is 0 Å². The first kappa shape index (κ1) is 24.5. The van der Waals surface area contributed by atoms with Crippen molar-refractivity contribution in [3.8, 4) is 39.3 Å². The molecule has 3 nitrogen and oxygen atoms in total. The molecule has 0 unspecified atom stereocenters. The Morgan fingerprint density at radius 2 is 1.22 bits per heavy atom. The van der Waals surface area contributed by atoms with Crippen LogP contribution in [0.2, 0.25) is 0 Å². The van der Waals surface area contributed by atoms with Crippen LogP contribution < -0.4 is 0 Å². The highest BCUT2D eigenvalue weighted by molar-refractivity contribution is 7.26. The number of para-hydroxylation sites is 3. The highest BCUT2D eigenvalue weighted by Crippen LogP contribution is 2.47. The van der Waals surface area contributed by atoms with Gasteiger partial charge in [-0.1, -0.05) is 103 Å². The van der Waals surface area contributed by atoms with E-state index in [0.29, 0.717) is 0 Å². The summed E-state index contributed by atoms with van der Waals surface area (Å²) >= 11 is 1.88. The van der Waals surface area contributed by atoms with Gasteiger partial charge in [0.1, 0.15) is 5.69 Å². The Morgan fingerprint density at radius 3 is 2.15 bits per heavy atom. The van der Waals surface area contributed by atoms with Crippen LogP contribution in [0.4, 0.5) is 0 Å². The molecule has 4 heteroatoms. The molecule has 0 amide bonds. The third-order valence-electron chi connectivity index (χ3n) is 9.72. The van der Waals surface area contributed by atoms with Gasteiger partial charge in [-0.05, 0) is 63.9 Å². The van der Waals surface area contributed by atoms with Crippen LogP contribution in [0, 0.1) is 0 Å². The maximum Gasteiger partial charge on any atom is 0.165 e. The lowest BCUT2D eigenvalue weighted by Crippen LogP contribution is -2.02. The summed E-state index contributed by atoms with van der Waals surface area (Å²) in [4.78, 5) is 10.5. The highest BCUT2D eigenvalue weighted by atomic mass is 32.1. The van der Waals surface area contributed by atoms with E-state index < -0.39 is 0 Å². The minimum absolute atomic E-state index is 0.878. The second-order valence-corrected chi connectivity index (χ2v) is 13.3. The van der Waals surface area contributed by atoms with E-state index in [1.165, 1.54) is 69.5 Å². The van der Waals surface area contributed by atoms with Gasteiger partial charge in [-0.2, -0.15) is 0 Å². The number of fused-ring (bicyclic) bond motifs is 14. The maximum atomic E-state index is 5.28. The van der Waals surface area contributed by atoms with E-state index in [1.54, 1.807) is 0 Å². The van der Waals surface area contributed by atoms with Gasteiger partial charge in [-0.15, -0.1) is 11.3 Å². The largest absolute Gasteiger partial charge is 0.291 e. The summed E-state index contributed by atoms with van der Waals surface area (Å²) in [7, 11) is 0. The second-order valence-electron chi connectivity index (χ2n) is 12.2. The summed E-state index contributed by atoms with van der Waals surface area (Å²) < 4.78 is 4.99. The summed E-state index contributed by atoms with van der Waals surface area (Å²) in [5.41, 5.74) is 11.0. The summed E-state index contributed by atoms with van der Waals surface area (Å²) in [6, 6.07) is 50.5. The molecule has 0 N–H and O–H groups in total. The molecule has 212 valence electrons. The van der Waals surface area contributed by atoms with Crippen LogP contribution in [0.15, 0.2) is 140 Å². The molecule has 0 spiro atoms. The van der Waals surface area contributed by atoms with Crippen molar-refractivity contribution in [1.82, 2.24) is 14.5 Å². The molecule has 1 aliphatic rings. The van der Waals surface area contributed by atoms with Crippen molar-refractivity contribution in [2.45, 2.75) is 0 Å². The zero-order valence-corrected chi connectivity index (χ0v) is 25.3. The number of hydrogen-bond donors (Lipinski definition) is 0. The molecule has 0 saturated carbocycles. The number of benzene rings is 7. The monoisotopic (exact) mass is 601 g/mol. The average Bonchev–Trinajstić information content (AvgIpc) is 3.62. The zero-order chi connectivity index (χ0) is 29.9. The van der Waals surface area contributed by atoms with E-state index in [1.807, 2.05) is 23.5 Å². The maximum absolute atomic E-state index is 5.28. The highest BCUT2D eigenvalue weighted by Gasteiger charge is 2.26. The first-order chi connectivity index (χ1) is 22.8. The molecule has 0 fully saturated rings. The van der Waals surface area contributed by atoms with Gasteiger partial charge < -0.3 is 0 Å². The minimum Gasteiger partial charge on any atom is -0.291 e. The van der Waals surface area contributed by atoms with Gasteiger partial charge in [0.15, 0.2) is 5.82 Å². The molecular weight excluding hydrogens is 579 g/mol. The summed E-state index contributed by atoms with van der Waals surface area (Å²) in [6.45, 7) is 0. The molecular formula is C42H23N3S. The Balaban J connectivity index is 1.18. The quantitative estimate of drug-likeness (QED) is 0.187. The van der Waals surface area contributed by atoms with E-state index >= 15 is 0 Å². The molecule has 4 heterocycles. The molecule has 7 aromatic carbocycles. The van der Waals surface area contributed by atoms with E-state index in [9.17, 15) is 0 Å². The molecule has 11 rings (SSSR count). The van der Waals surface area contributed by atoms with Gasteiger partial charge in [0.2, 0.25) is 0 Å². The van der Waals surface area contributed by atoms with Crippen LogP contribution in [0.25, 0.3) is 103 Å². The SMILES string of the molecule is c1ccc2c(c1)-c1nc3ccccc3nc1-n1c3ccc(-c4ccc5c(c4)sc4ccc6ccccc6c45)cc3c3cccc-2c31. The Hall–Kier alpha value is -5.84. The molecule has 3 aromatic heterocycles. The Morgan fingerprint density at radius 1 is 0.478 bits per heavy atom. The van der Waals surface area contributed by atoms with Crippen LogP contribution >= 0.6 is 11.3 Å². The smallest absolute Gasteiger partial charge is 0.165 e. The van der Waals surface area contributed by atoms with Gasteiger partial charge >= 0.3 is 0 Å². The van der Waals surface area contributed by atoms with E-state index in [0.717, 1.165) is 33.6 Å². The fraction of sp³-hybridized carbons (Fsp3) is 0. The summed E-state index contributed by atoms with van der Waals surface area (Å²) in [5, 5.41) is 7.74. The first-order valence-corrected chi connectivity index (χ1v) is 16.4. The van der Waals surface area contributed by atoms with Gasteiger partial charge in [-0.3, -0.25) is 4.57 Å². The first-order valence-electron chi connectivity index (χ1n) is 15.6. The van der Waals surface area contributed by atoms with Crippen molar-refractivity contribution in [2.75, 3.05) is 0 Å². The third-order valence-corrected chi connectivity index (χ3v) is 10.8. The Labute approximate surface area is 267 Å². The van der Waals surface area contributed by atoms with Crippen molar-refractivity contribution in [2.24, 2.45) is 0 Å². The van der Waals surface area contributed by atoms with Crippen molar-refractivity contribution < 1.29 is 0 Å². The topological polar surface area (TPSA) is 30.7 Å². The number of aromatic nitrogens is 3. The second kappa shape index (κ2) is 8.87. The van der Waals surface area contributed by atoms with Crippen LogP contribution in [0.5, 0.6) is 0 Å². The van der Waals surface area contributed by atoms with E-state index in [2.05, 4.69) is 132 Å². The predicted molar refractivity (Wildman–Crippen MR) is 194 cm³/mol. The van der Waals surface area contributed by atoms with E-state index in [4.69, 9.17) is 9.97 Å². The molecule has 10 aromatic rings. The molecule has 0 radical (unpaired) electrons.